The Morgan fingerprint density at radius 1 is 1.19 bits per heavy atom. The van der Waals surface area contributed by atoms with E-state index >= 15 is 0 Å². The Hall–Kier alpha value is -2.58. The van der Waals surface area contributed by atoms with E-state index in [1.54, 1.807) is 19.5 Å². The summed E-state index contributed by atoms with van der Waals surface area (Å²) in [6.07, 6.45) is 7.45. The molecule has 0 bridgehead atoms. The van der Waals surface area contributed by atoms with Crippen molar-refractivity contribution >= 4 is 0 Å². The summed E-state index contributed by atoms with van der Waals surface area (Å²) in [7, 11) is 1.67. The van der Waals surface area contributed by atoms with Gasteiger partial charge in [0.1, 0.15) is 5.69 Å². The molecule has 8 heteroatoms. The topological polar surface area (TPSA) is 90.3 Å². The summed E-state index contributed by atoms with van der Waals surface area (Å²) in [5.74, 6) is 2.19. The van der Waals surface area contributed by atoms with Crippen LogP contribution in [-0.4, -0.2) is 45.4 Å². The van der Waals surface area contributed by atoms with Gasteiger partial charge in [0.2, 0.25) is 5.89 Å². The lowest BCUT2D eigenvalue weighted by molar-refractivity contribution is 0.101. The average Bonchev–Trinajstić information content (AvgIpc) is 3.37. The number of rotatable bonds is 7. The smallest absolute Gasteiger partial charge is 0.244 e. The lowest BCUT2D eigenvalue weighted by atomic mass is 10.0. The molecule has 1 fully saturated rings. The summed E-state index contributed by atoms with van der Waals surface area (Å²) < 4.78 is 16.2. The van der Waals surface area contributed by atoms with E-state index < -0.39 is 0 Å². The van der Waals surface area contributed by atoms with Gasteiger partial charge in [0.25, 0.3) is 0 Å². The van der Waals surface area contributed by atoms with E-state index in [0.717, 1.165) is 42.8 Å². The van der Waals surface area contributed by atoms with E-state index in [1.807, 2.05) is 18.2 Å². The zero-order valence-electron chi connectivity index (χ0n) is 15.4. The van der Waals surface area contributed by atoms with Gasteiger partial charge >= 0.3 is 0 Å². The molecule has 0 radical (unpaired) electrons. The van der Waals surface area contributed by atoms with Crippen molar-refractivity contribution in [3.05, 3.63) is 48.1 Å². The predicted octanol–water partition coefficient (Wildman–Crippen LogP) is 3.04. The largest absolute Gasteiger partial charge is 0.384 e. The van der Waals surface area contributed by atoms with Crippen molar-refractivity contribution in [1.29, 1.82) is 0 Å². The molecule has 0 spiro atoms. The van der Waals surface area contributed by atoms with Crippen molar-refractivity contribution in [2.24, 2.45) is 0 Å². The molecule has 4 rings (SSSR count). The molecule has 1 saturated heterocycles. The number of methoxy groups -OCH3 is 1. The standard InChI is InChI=1S/C19H23N5O3/c1-25-11-7-18-21-19(27-23-18)17-4-2-3-10-24(17)13-15-12-16(22-26-15)14-5-8-20-9-6-14/h5-6,8-9,12,17H,2-4,7,10-11,13H2,1H3/t17-/m1/s1. The normalized spacial score (nSPS) is 18.0. The second-order valence-electron chi connectivity index (χ2n) is 6.69. The number of piperidine rings is 1. The summed E-state index contributed by atoms with van der Waals surface area (Å²) in [6, 6.07) is 5.94. The molecule has 4 heterocycles. The van der Waals surface area contributed by atoms with E-state index in [2.05, 4.69) is 25.2 Å². The quantitative estimate of drug-likeness (QED) is 0.628. The minimum atomic E-state index is 0.108. The van der Waals surface area contributed by atoms with Crippen LogP contribution in [0.15, 0.2) is 39.6 Å². The SMILES string of the molecule is COCCc1noc([C@H]2CCCCN2Cc2cc(-c3ccncc3)no2)n1. The highest BCUT2D eigenvalue weighted by molar-refractivity contribution is 5.57. The van der Waals surface area contributed by atoms with Gasteiger partial charge in [-0.15, -0.1) is 0 Å². The van der Waals surface area contributed by atoms with Gasteiger partial charge in [-0.3, -0.25) is 9.88 Å². The molecule has 0 aliphatic carbocycles. The Morgan fingerprint density at radius 2 is 2.07 bits per heavy atom. The first-order chi connectivity index (χ1) is 13.3. The van der Waals surface area contributed by atoms with Gasteiger partial charge in [-0.2, -0.15) is 4.98 Å². The lowest BCUT2D eigenvalue weighted by Crippen LogP contribution is -2.33. The molecule has 1 aliphatic rings. The predicted molar refractivity (Wildman–Crippen MR) is 96.6 cm³/mol. The average molecular weight is 369 g/mol. The molecule has 8 nitrogen and oxygen atoms in total. The van der Waals surface area contributed by atoms with Crippen LogP contribution in [0, 0.1) is 0 Å². The van der Waals surface area contributed by atoms with Crippen LogP contribution in [0.4, 0.5) is 0 Å². The molecule has 0 saturated carbocycles. The van der Waals surface area contributed by atoms with E-state index in [-0.39, 0.29) is 6.04 Å². The van der Waals surface area contributed by atoms with E-state index in [9.17, 15) is 0 Å². The molecule has 0 N–H and O–H groups in total. The Labute approximate surface area is 157 Å². The number of ether oxygens (including phenoxy) is 1. The third kappa shape index (κ3) is 4.23. The third-order valence-electron chi connectivity index (χ3n) is 4.81. The van der Waals surface area contributed by atoms with Crippen LogP contribution in [0.25, 0.3) is 11.3 Å². The Balaban J connectivity index is 1.47. The molecule has 3 aromatic heterocycles. The zero-order valence-corrected chi connectivity index (χ0v) is 15.4. The van der Waals surface area contributed by atoms with Crippen LogP contribution in [0.2, 0.25) is 0 Å². The highest BCUT2D eigenvalue weighted by Gasteiger charge is 2.29. The monoisotopic (exact) mass is 369 g/mol. The highest BCUT2D eigenvalue weighted by Crippen LogP contribution is 2.31. The maximum absolute atomic E-state index is 5.57. The first kappa shape index (κ1) is 17.8. The fraction of sp³-hybridized carbons (Fsp3) is 0.474. The first-order valence-corrected chi connectivity index (χ1v) is 9.25. The summed E-state index contributed by atoms with van der Waals surface area (Å²) >= 11 is 0. The fourth-order valence-electron chi connectivity index (χ4n) is 3.40. The van der Waals surface area contributed by atoms with Gasteiger partial charge in [0, 0.05) is 37.6 Å². The summed E-state index contributed by atoms with van der Waals surface area (Å²) in [5.41, 5.74) is 1.82. The van der Waals surface area contributed by atoms with Crippen molar-refractivity contribution in [2.45, 2.75) is 38.3 Å². The van der Waals surface area contributed by atoms with Crippen molar-refractivity contribution in [3.63, 3.8) is 0 Å². The highest BCUT2D eigenvalue weighted by atomic mass is 16.5. The number of likely N-dealkylation sites (tertiary alicyclic amines) is 1. The van der Waals surface area contributed by atoms with Crippen LogP contribution in [-0.2, 0) is 17.7 Å². The summed E-state index contributed by atoms with van der Waals surface area (Å²) in [6.45, 7) is 2.22. The minimum absolute atomic E-state index is 0.108. The van der Waals surface area contributed by atoms with Crippen molar-refractivity contribution in [1.82, 2.24) is 25.2 Å². The molecule has 142 valence electrons. The van der Waals surface area contributed by atoms with Crippen LogP contribution in [0.1, 0.15) is 42.8 Å². The molecule has 1 aliphatic heterocycles. The van der Waals surface area contributed by atoms with Gasteiger partial charge < -0.3 is 13.8 Å². The van der Waals surface area contributed by atoms with Gasteiger partial charge in [0.15, 0.2) is 11.6 Å². The first-order valence-electron chi connectivity index (χ1n) is 9.25. The van der Waals surface area contributed by atoms with Crippen molar-refractivity contribution in [2.75, 3.05) is 20.3 Å². The van der Waals surface area contributed by atoms with Crippen LogP contribution in [0.3, 0.4) is 0 Å². The van der Waals surface area contributed by atoms with Crippen LogP contribution < -0.4 is 0 Å². The molecule has 3 aromatic rings. The maximum Gasteiger partial charge on any atom is 0.244 e. The number of pyridine rings is 1. The number of aromatic nitrogens is 4. The second-order valence-corrected chi connectivity index (χ2v) is 6.69. The van der Waals surface area contributed by atoms with Gasteiger partial charge in [0.05, 0.1) is 19.2 Å². The summed E-state index contributed by atoms with van der Waals surface area (Å²) in [5, 5.41) is 8.27. The molecule has 0 aromatic carbocycles. The summed E-state index contributed by atoms with van der Waals surface area (Å²) in [4.78, 5) is 10.9. The Bertz CT molecular complexity index is 848. The van der Waals surface area contributed by atoms with E-state index in [4.69, 9.17) is 13.8 Å². The van der Waals surface area contributed by atoms with Crippen LogP contribution in [0.5, 0.6) is 0 Å². The fourth-order valence-corrected chi connectivity index (χ4v) is 3.40. The minimum Gasteiger partial charge on any atom is -0.384 e. The molecule has 0 amide bonds. The van der Waals surface area contributed by atoms with Gasteiger partial charge in [-0.05, 0) is 31.5 Å². The molecular formula is C19H23N5O3. The maximum atomic E-state index is 5.57. The van der Waals surface area contributed by atoms with Gasteiger partial charge in [-0.25, -0.2) is 0 Å². The molecular weight excluding hydrogens is 346 g/mol. The molecule has 0 unspecified atom stereocenters. The Morgan fingerprint density at radius 3 is 2.93 bits per heavy atom. The number of hydrogen-bond acceptors (Lipinski definition) is 8. The van der Waals surface area contributed by atoms with Gasteiger partial charge in [-0.1, -0.05) is 16.7 Å². The van der Waals surface area contributed by atoms with E-state index in [0.29, 0.717) is 31.3 Å². The molecule has 1 atom stereocenters. The van der Waals surface area contributed by atoms with Crippen LogP contribution >= 0.6 is 0 Å². The number of hydrogen-bond donors (Lipinski definition) is 0. The van der Waals surface area contributed by atoms with Crippen molar-refractivity contribution in [3.8, 4) is 11.3 Å². The lowest BCUT2D eigenvalue weighted by Gasteiger charge is -2.32. The molecule has 27 heavy (non-hydrogen) atoms. The zero-order chi connectivity index (χ0) is 18.5. The number of nitrogens with zero attached hydrogens (tertiary/aromatic N) is 5. The van der Waals surface area contributed by atoms with E-state index in [1.165, 1.54) is 0 Å². The third-order valence-corrected chi connectivity index (χ3v) is 4.81. The Kier molecular flexibility index (Phi) is 5.55. The van der Waals surface area contributed by atoms with Crippen molar-refractivity contribution < 1.29 is 13.8 Å². The second kappa shape index (κ2) is 8.41.